The molecule has 0 saturated heterocycles. The Morgan fingerprint density at radius 2 is 2.13 bits per heavy atom. The molecule has 2 atom stereocenters. The van der Waals surface area contributed by atoms with Gasteiger partial charge in [-0.3, -0.25) is 9.40 Å². The maximum Gasteiger partial charge on any atom is 0.407 e. The van der Waals surface area contributed by atoms with E-state index < -0.39 is 10.0 Å². The Kier molecular flexibility index (Phi) is 5.35. The van der Waals surface area contributed by atoms with Gasteiger partial charge in [-0.05, 0) is 45.2 Å². The quantitative estimate of drug-likeness (QED) is 0.667. The van der Waals surface area contributed by atoms with E-state index in [1.165, 1.54) is 4.31 Å². The van der Waals surface area contributed by atoms with Crippen LogP contribution in [0.3, 0.4) is 0 Å². The lowest BCUT2D eigenvalue weighted by Gasteiger charge is -2.14. The van der Waals surface area contributed by atoms with Crippen molar-refractivity contribution in [3.8, 4) is 0 Å². The Bertz CT molecular complexity index is 1050. The zero-order valence-corrected chi connectivity index (χ0v) is 18.1. The van der Waals surface area contributed by atoms with E-state index in [1.807, 2.05) is 32.0 Å². The number of alkyl carbamates (subject to hydrolysis) is 1. The molecule has 30 heavy (non-hydrogen) atoms. The van der Waals surface area contributed by atoms with E-state index in [9.17, 15) is 13.2 Å². The van der Waals surface area contributed by atoms with Crippen molar-refractivity contribution in [2.24, 2.45) is 0 Å². The number of hydrogen-bond donors (Lipinski definition) is 3. The third-order valence-electron chi connectivity index (χ3n) is 5.60. The number of aromatic amines is 1. The number of rotatable bonds is 5. The molecule has 1 fully saturated rings. The number of sulfonamides is 1. The fourth-order valence-electron chi connectivity index (χ4n) is 4.07. The first kappa shape index (κ1) is 20.5. The van der Waals surface area contributed by atoms with Crippen LogP contribution in [0.2, 0.25) is 0 Å². The fraction of sp³-hybridized carbons (Fsp3) is 0.500. The van der Waals surface area contributed by atoms with Gasteiger partial charge in [0.2, 0.25) is 10.0 Å². The number of hydrogen-bond acceptors (Lipinski definition) is 6. The minimum Gasteiger partial charge on any atom is -0.446 e. The molecule has 162 valence electrons. The molecule has 1 saturated carbocycles. The SMILES string of the molecule is CC(C)NC(=O)OC1CC[C@H](c2cc(Nc3cccc4c3CS(=O)(=O)N4C)n[nH]2)C1. The van der Waals surface area contributed by atoms with Crippen LogP contribution in [0.5, 0.6) is 0 Å². The summed E-state index contributed by atoms with van der Waals surface area (Å²) in [5.41, 5.74) is 3.14. The number of anilines is 3. The molecule has 10 heteroatoms. The highest BCUT2D eigenvalue weighted by Crippen LogP contribution is 2.39. The lowest BCUT2D eigenvalue weighted by atomic mass is 10.0. The summed E-state index contributed by atoms with van der Waals surface area (Å²) < 4.78 is 31.2. The Morgan fingerprint density at radius 1 is 1.33 bits per heavy atom. The van der Waals surface area contributed by atoms with Crippen molar-refractivity contribution < 1.29 is 17.9 Å². The van der Waals surface area contributed by atoms with Gasteiger partial charge in [-0.2, -0.15) is 5.10 Å². The van der Waals surface area contributed by atoms with Crippen molar-refractivity contribution >= 4 is 33.3 Å². The van der Waals surface area contributed by atoms with Crippen molar-refractivity contribution in [1.82, 2.24) is 15.5 Å². The van der Waals surface area contributed by atoms with Crippen molar-refractivity contribution in [3.05, 3.63) is 35.5 Å². The van der Waals surface area contributed by atoms with Gasteiger partial charge in [0.25, 0.3) is 0 Å². The molecule has 1 aliphatic carbocycles. The van der Waals surface area contributed by atoms with E-state index in [-0.39, 0.29) is 29.9 Å². The summed E-state index contributed by atoms with van der Waals surface area (Å²) in [5, 5.41) is 13.4. The van der Waals surface area contributed by atoms with Crippen molar-refractivity contribution in [1.29, 1.82) is 0 Å². The summed E-state index contributed by atoms with van der Waals surface area (Å²) in [6.07, 6.45) is 1.99. The third-order valence-corrected chi connectivity index (χ3v) is 7.28. The van der Waals surface area contributed by atoms with Gasteiger partial charge in [0.15, 0.2) is 5.82 Å². The minimum absolute atomic E-state index is 0.0284. The van der Waals surface area contributed by atoms with Gasteiger partial charge in [-0.15, -0.1) is 0 Å². The summed E-state index contributed by atoms with van der Waals surface area (Å²) in [4.78, 5) is 11.8. The van der Waals surface area contributed by atoms with Crippen LogP contribution in [0, 0.1) is 0 Å². The molecule has 2 aliphatic rings. The number of H-pyrrole nitrogens is 1. The average molecular weight is 434 g/mol. The van der Waals surface area contributed by atoms with Crippen LogP contribution in [0.4, 0.5) is 22.0 Å². The molecular weight excluding hydrogens is 406 g/mol. The highest BCUT2D eigenvalue weighted by molar-refractivity contribution is 7.92. The molecule has 0 bridgehead atoms. The number of aromatic nitrogens is 2. The van der Waals surface area contributed by atoms with Crippen LogP contribution in [0.1, 0.15) is 50.3 Å². The summed E-state index contributed by atoms with van der Waals surface area (Å²) in [5.74, 6) is 0.837. The number of nitrogens with zero attached hydrogens (tertiary/aromatic N) is 2. The molecule has 4 rings (SSSR count). The van der Waals surface area contributed by atoms with E-state index in [2.05, 4.69) is 20.8 Å². The normalized spacial score (nSPS) is 22.2. The second-order valence-corrected chi connectivity index (χ2v) is 10.2. The first-order chi connectivity index (χ1) is 14.2. The molecule has 9 nitrogen and oxygen atoms in total. The monoisotopic (exact) mass is 433 g/mol. The Hall–Kier alpha value is -2.75. The maximum absolute atomic E-state index is 12.2. The molecule has 1 aliphatic heterocycles. The Labute approximate surface area is 176 Å². The van der Waals surface area contributed by atoms with E-state index in [0.717, 1.165) is 36.2 Å². The van der Waals surface area contributed by atoms with Gasteiger partial charge in [-0.25, -0.2) is 13.2 Å². The van der Waals surface area contributed by atoms with Gasteiger partial charge < -0.3 is 15.4 Å². The molecule has 1 aromatic carbocycles. The standard InChI is InChI=1S/C20H27N5O4S/c1-12(2)21-20(26)29-14-8-7-13(9-14)17-10-19(24-23-17)22-16-5-4-6-18-15(16)11-30(27,28)25(18)3/h4-6,10,12-14H,7-9,11H2,1-3H3,(H,21,26)(H2,22,23,24)/t13-,14?/m0/s1. The third kappa shape index (κ3) is 4.09. The zero-order valence-electron chi connectivity index (χ0n) is 17.3. The lowest BCUT2D eigenvalue weighted by molar-refractivity contribution is 0.0981. The highest BCUT2D eigenvalue weighted by atomic mass is 32.2. The van der Waals surface area contributed by atoms with Gasteiger partial charge in [0.1, 0.15) is 6.10 Å². The molecule has 1 aromatic heterocycles. The average Bonchev–Trinajstić information content (AvgIpc) is 3.35. The van der Waals surface area contributed by atoms with E-state index >= 15 is 0 Å². The van der Waals surface area contributed by atoms with Crippen molar-refractivity contribution in [2.45, 2.75) is 56.9 Å². The molecule has 1 unspecified atom stereocenters. The van der Waals surface area contributed by atoms with Crippen LogP contribution in [-0.2, 0) is 20.5 Å². The second kappa shape index (κ2) is 7.82. The minimum atomic E-state index is -3.31. The smallest absolute Gasteiger partial charge is 0.407 e. The first-order valence-corrected chi connectivity index (χ1v) is 11.7. The number of fused-ring (bicyclic) bond motifs is 1. The predicted molar refractivity (Wildman–Crippen MR) is 114 cm³/mol. The molecule has 0 spiro atoms. The van der Waals surface area contributed by atoms with E-state index in [0.29, 0.717) is 11.5 Å². The molecular formula is C20H27N5O4S. The summed E-state index contributed by atoms with van der Waals surface area (Å²) in [6.45, 7) is 3.79. The predicted octanol–water partition coefficient (Wildman–Crippen LogP) is 3.20. The maximum atomic E-state index is 12.2. The summed E-state index contributed by atoms with van der Waals surface area (Å²) in [7, 11) is -1.75. The van der Waals surface area contributed by atoms with Crippen LogP contribution in [0.25, 0.3) is 0 Å². The molecule has 1 amide bonds. The number of nitrogens with one attached hydrogen (secondary N) is 3. The molecule has 2 aromatic rings. The number of ether oxygens (including phenoxy) is 1. The Balaban J connectivity index is 1.41. The summed E-state index contributed by atoms with van der Waals surface area (Å²) in [6, 6.07) is 7.47. The van der Waals surface area contributed by atoms with Crippen LogP contribution >= 0.6 is 0 Å². The second-order valence-electron chi connectivity index (χ2n) is 8.20. The molecule has 0 radical (unpaired) electrons. The number of amides is 1. The topological polar surface area (TPSA) is 116 Å². The van der Waals surface area contributed by atoms with Gasteiger partial charge in [0.05, 0.1) is 11.4 Å². The number of benzene rings is 1. The first-order valence-electron chi connectivity index (χ1n) is 10.1. The Morgan fingerprint density at radius 3 is 2.90 bits per heavy atom. The van der Waals surface area contributed by atoms with Crippen molar-refractivity contribution in [2.75, 3.05) is 16.7 Å². The van der Waals surface area contributed by atoms with E-state index in [4.69, 9.17) is 4.74 Å². The van der Waals surface area contributed by atoms with E-state index in [1.54, 1.807) is 13.1 Å². The number of carbonyl (C=O) groups is 1. The largest absolute Gasteiger partial charge is 0.446 e. The zero-order chi connectivity index (χ0) is 21.5. The number of carbonyl (C=O) groups excluding carboxylic acids is 1. The van der Waals surface area contributed by atoms with Gasteiger partial charge in [0, 0.05) is 42.0 Å². The van der Waals surface area contributed by atoms with Crippen LogP contribution in [0.15, 0.2) is 24.3 Å². The van der Waals surface area contributed by atoms with Crippen molar-refractivity contribution in [3.63, 3.8) is 0 Å². The van der Waals surface area contributed by atoms with Crippen LogP contribution in [-0.4, -0.2) is 43.9 Å². The molecule has 3 N–H and O–H groups in total. The van der Waals surface area contributed by atoms with Gasteiger partial charge >= 0.3 is 6.09 Å². The fourth-order valence-corrected chi connectivity index (χ4v) is 5.40. The summed E-state index contributed by atoms with van der Waals surface area (Å²) >= 11 is 0. The van der Waals surface area contributed by atoms with Crippen LogP contribution < -0.4 is 14.9 Å². The highest BCUT2D eigenvalue weighted by Gasteiger charge is 2.33. The lowest BCUT2D eigenvalue weighted by Crippen LogP contribution is -2.33. The van der Waals surface area contributed by atoms with Gasteiger partial charge in [-0.1, -0.05) is 6.07 Å². The molecule has 2 heterocycles.